The second kappa shape index (κ2) is 8.66. The summed E-state index contributed by atoms with van der Waals surface area (Å²) in [6, 6.07) is 14.4. The number of carbonyl (C=O) groups excluding carboxylic acids is 2. The second-order valence-corrected chi connectivity index (χ2v) is 9.54. The van der Waals surface area contributed by atoms with E-state index in [-0.39, 0.29) is 17.9 Å². The fourth-order valence-electron chi connectivity index (χ4n) is 4.95. The number of hydrogen-bond donors (Lipinski definition) is 0. The Hall–Kier alpha value is -3.56. The summed E-state index contributed by atoms with van der Waals surface area (Å²) in [4.78, 5) is 40.2. The summed E-state index contributed by atoms with van der Waals surface area (Å²) in [5, 5.41) is 2.37. The molecule has 2 saturated heterocycles. The molecule has 1 atom stereocenters. The highest BCUT2D eigenvalue weighted by Crippen LogP contribution is 2.29. The summed E-state index contributed by atoms with van der Waals surface area (Å²) in [7, 11) is 0. The lowest BCUT2D eigenvalue weighted by atomic mass is 10.1. The van der Waals surface area contributed by atoms with Gasteiger partial charge < -0.3 is 9.80 Å². The zero-order chi connectivity index (χ0) is 23.1. The van der Waals surface area contributed by atoms with Crippen LogP contribution in [0.1, 0.15) is 16.2 Å². The van der Waals surface area contributed by atoms with Crippen molar-refractivity contribution in [3.05, 3.63) is 71.4 Å². The van der Waals surface area contributed by atoms with Gasteiger partial charge in [-0.1, -0.05) is 18.2 Å². The Morgan fingerprint density at radius 3 is 2.68 bits per heavy atom. The first-order valence-electron chi connectivity index (χ1n) is 11.4. The van der Waals surface area contributed by atoms with Crippen molar-refractivity contribution in [3.63, 3.8) is 0 Å². The second-order valence-electron chi connectivity index (χ2n) is 8.64. The number of nitrogens with zero attached hydrogens (tertiary/aromatic N) is 6. The van der Waals surface area contributed by atoms with Crippen molar-refractivity contribution in [1.29, 1.82) is 0 Å². The number of carbonyl (C=O) groups is 2. The number of aromatic nitrogens is 3. The summed E-state index contributed by atoms with van der Waals surface area (Å²) in [6.07, 6.45) is 5.91. The van der Waals surface area contributed by atoms with Crippen LogP contribution in [0.3, 0.4) is 0 Å². The van der Waals surface area contributed by atoms with Gasteiger partial charge in [-0.25, -0.2) is 9.97 Å². The maximum absolute atomic E-state index is 13.0. The topological polar surface area (TPSA) is 74.1 Å². The molecule has 0 saturated carbocycles. The molecule has 8 nitrogen and oxygen atoms in total. The number of anilines is 1. The highest BCUT2D eigenvalue weighted by atomic mass is 32.1. The minimum atomic E-state index is 0.00324. The average molecular weight is 473 g/mol. The van der Waals surface area contributed by atoms with E-state index in [4.69, 9.17) is 0 Å². The van der Waals surface area contributed by atoms with E-state index in [1.807, 2.05) is 45.6 Å². The van der Waals surface area contributed by atoms with Crippen LogP contribution in [-0.2, 0) is 4.79 Å². The number of benzene rings is 1. The molecule has 2 fully saturated rings. The van der Waals surface area contributed by atoms with E-state index in [1.165, 1.54) is 11.3 Å². The van der Waals surface area contributed by atoms with Gasteiger partial charge in [-0.15, -0.1) is 11.3 Å². The van der Waals surface area contributed by atoms with Gasteiger partial charge in [0.1, 0.15) is 5.65 Å². The van der Waals surface area contributed by atoms with Crippen molar-refractivity contribution in [2.75, 3.05) is 37.6 Å². The van der Waals surface area contributed by atoms with Crippen LogP contribution in [0.15, 0.2) is 66.4 Å². The lowest BCUT2D eigenvalue weighted by Crippen LogP contribution is -2.52. The fourth-order valence-corrected chi connectivity index (χ4v) is 5.56. The van der Waals surface area contributed by atoms with Gasteiger partial charge in [-0.2, -0.15) is 0 Å². The number of fused-ring (bicyclic) bond motifs is 1. The van der Waals surface area contributed by atoms with Crippen LogP contribution in [0.2, 0.25) is 0 Å². The van der Waals surface area contributed by atoms with Gasteiger partial charge in [0.2, 0.25) is 5.91 Å². The van der Waals surface area contributed by atoms with E-state index >= 15 is 0 Å². The van der Waals surface area contributed by atoms with Crippen molar-refractivity contribution in [1.82, 2.24) is 24.2 Å². The Morgan fingerprint density at radius 2 is 1.85 bits per heavy atom. The first-order chi connectivity index (χ1) is 16.7. The summed E-state index contributed by atoms with van der Waals surface area (Å²) >= 11 is 1.38. The normalized spacial score (nSPS) is 19.3. The Bertz CT molecular complexity index is 1340. The Morgan fingerprint density at radius 1 is 1.00 bits per heavy atom. The highest BCUT2D eigenvalue weighted by molar-refractivity contribution is 7.11. The maximum Gasteiger partial charge on any atom is 0.282 e. The quantitative estimate of drug-likeness (QED) is 0.457. The van der Waals surface area contributed by atoms with Crippen molar-refractivity contribution >= 4 is 34.5 Å². The van der Waals surface area contributed by atoms with Crippen LogP contribution in [0.4, 0.5) is 5.69 Å². The molecule has 2 aliphatic heterocycles. The monoisotopic (exact) mass is 472 g/mol. The standard InChI is InChI=1S/C25H24N6O2S/c32-23-16-20(28-10-12-29(13-11-28)25(33)24-27-8-14-34-24)17-31(23)19-4-1-3-18(15-19)21-5-2-6-22-26-7-9-30(21)22/h1-9,14-15,20H,10-13,16-17H2. The fraction of sp³-hybridized carbons (Fsp3) is 0.280. The molecule has 4 aromatic rings. The predicted molar refractivity (Wildman–Crippen MR) is 131 cm³/mol. The number of imidazole rings is 1. The zero-order valence-electron chi connectivity index (χ0n) is 18.6. The van der Waals surface area contributed by atoms with E-state index in [0.717, 1.165) is 35.7 Å². The molecule has 2 amide bonds. The van der Waals surface area contributed by atoms with Crippen molar-refractivity contribution in [3.8, 4) is 11.3 Å². The van der Waals surface area contributed by atoms with Crippen LogP contribution in [0.5, 0.6) is 0 Å². The number of rotatable bonds is 4. The van der Waals surface area contributed by atoms with Crippen LogP contribution in [-0.4, -0.2) is 74.7 Å². The van der Waals surface area contributed by atoms with Crippen LogP contribution < -0.4 is 4.90 Å². The van der Waals surface area contributed by atoms with Gasteiger partial charge in [0.05, 0.1) is 5.69 Å². The van der Waals surface area contributed by atoms with Crippen molar-refractivity contribution < 1.29 is 9.59 Å². The summed E-state index contributed by atoms with van der Waals surface area (Å²) in [5.41, 5.74) is 3.90. The Labute approximate surface area is 201 Å². The van der Waals surface area contributed by atoms with Crippen molar-refractivity contribution in [2.45, 2.75) is 12.5 Å². The Balaban J connectivity index is 1.15. The van der Waals surface area contributed by atoms with E-state index < -0.39 is 0 Å². The van der Waals surface area contributed by atoms with Crippen LogP contribution in [0.25, 0.3) is 16.9 Å². The number of pyridine rings is 1. The molecule has 34 heavy (non-hydrogen) atoms. The SMILES string of the molecule is O=C(c1nccs1)N1CCN(C2CC(=O)N(c3cccc(-c4cccc5nccn45)c3)C2)CC1. The molecule has 1 unspecified atom stereocenters. The van der Waals surface area contributed by atoms with Gasteiger partial charge in [-0.3, -0.25) is 18.9 Å². The molecule has 0 radical (unpaired) electrons. The van der Waals surface area contributed by atoms with Crippen molar-refractivity contribution in [2.24, 2.45) is 0 Å². The summed E-state index contributed by atoms with van der Waals surface area (Å²) in [5.74, 6) is 0.146. The molecule has 9 heteroatoms. The molecule has 0 N–H and O–H groups in total. The van der Waals surface area contributed by atoms with Gasteiger partial charge in [0.25, 0.3) is 5.91 Å². The molecule has 2 aliphatic rings. The smallest absolute Gasteiger partial charge is 0.282 e. The summed E-state index contributed by atoms with van der Waals surface area (Å²) in [6.45, 7) is 3.52. The maximum atomic E-state index is 13.0. The largest absolute Gasteiger partial charge is 0.334 e. The van der Waals surface area contributed by atoms with Gasteiger partial charge in [0.15, 0.2) is 5.01 Å². The molecule has 0 spiro atoms. The third kappa shape index (κ3) is 3.76. The van der Waals surface area contributed by atoms with Gasteiger partial charge in [0, 0.05) is 80.4 Å². The van der Waals surface area contributed by atoms with Crippen LogP contribution in [0, 0.1) is 0 Å². The van der Waals surface area contributed by atoms with Gasteiger partial charge in [-0.05, 0) is 24.3 Å². The van der Waals surface area contributed by atoms with E-state index in [1.54, 1.807) is 12.4 Å². The van der Waals surface area contributed by atoms with Gasteiger partial charge >= 0.3 is 0 Å². The Kier molecular flexibility index (Phi) is 5.35. The van der Waals surface area contributed by atoms with E-state index in [2.05, 4.69) is 37.5 Å². The minimum Gasteiger partial charge on any atom is -0.334 e. The molecule has 6 rings (SSSR count). The third-order valence-corrected chi connectivity index (χ3v) is 7.48. The highest BCUT2D eigenvalue weighted by Gasteiger charge is 2.36. The molecular formula is C25H24N6O2S. The lowest BCUT2D eigenvalue weighted by Gasteiger charge is -2.37. The van der Waals surface area contributed by atoms with E-state index in [9.17, 15) is 9.59 Å². The zero-order valence-corrected chi connectivity index (χ0v) is 19.4. The average Bonchev–Trinajstić information content (AvgIpc) is 3.64. The van der Waals surface area contributed by atoms with Crippen LogP contribution >= 0.6 is 11.3 Å². The predicted octanol–water partition coefficient (Wildman–Crippen LogP) is 3.02. The number of hydrogen-bond acceptors (Lipinski definition) is 6. The molecule has 0 aliphatic carbocycles. The molecular weight excluding hydrogens is 448 g/mol. The number of piperazine rings is 1. The molecule has 0 bridgehead atoms. The molecule has 5 heterocycles. The lowest BCUT2D eigenvalue weighted by molar-refractivity contribution is -0.117. The van der Waals surface area contributed by atoms with E-state index in [0.29, 0.717) is 31.1 Å². The first-order valence-corrected chi connectivity index (χ1v) is 12.3. The molecule has 3 aromatic heterocycles. The molecule has 1 aromatic carbocycles. The number of amides is 2. The summed E-state index contributed by atoms with van der Waals surface area (Å²) < 4.78 is 2.06. The number of thiazole rings is 1. The first kappa shape index (κ1) is 21.0. The minimum absolute atomic E-state index is 0.00324. The third-order valence-electron chi connectivity index (χ3n) is 6.72. The molecule has 172 valence electrons.